The molecule has 2 aromatic carbocycles. The average Bonchev–Trinajstić information content (AvgIpc) is 3.15. The van der Waals surface area contributed by atoms with Crippen molar-refractivity contribution in [3.63, 3.8) is 0 Å². The minimum Gasteiger partial charge on any atom is -0.478 e. The number of nitro groups is 1. The molecule has 0 bridgehead atoms. The van der Waals surface area contributed by atoms with Crippen LogP contribution >= 0.6 is 11.3 Å². The Morgan fingerprint density at radius 3 is 2.45 bits per heavy atom. The smallest absolute Gasteiger partial charge is 0.335 e. The molecule has 0 saturated carbocycles. The van der Waals surface area contributed by atoms with Crippen LogP contribution in [0.2, 0.25) is 0 Å². The highest BCUT2D eigenvalue weighted by atomic mass is 32.1. The van der Waals surface area contributed by atoms with Gasteiger partial charge in [0.2, 0.25) is 0 Å². The minimum absolute atomic E-state index is 0.0198. The number of nitrogens with zero attached hydrogens (tertiary/aromatic N) is 3. The van der Waals surface area contributed by atoms with Gasteiger partial charge in [0, 0.05) is 23.1 Å². The van der Waals surface area contributed by atoms with Gasteiger partial charge in [0.25, 0.3) is 11.2 Å². The highest BCUT2D eigenvalue weighted by molar-refractivity contribution is 7.17. The summed E-state index contributed by atoms with van der Waals surface area (Å²) in [6.07, 6.45) is 1.46. The molecule has 0 amide bonds. The highest BCUT2D eigenvalue weighted by Crippen LogP contribution is 2.31. The van der Waals surface area contributed by atoms with E-state index in [0.29, 0.717) is 21.3 Å². The minimum atomic E-state index is -1.01. The third kappa shape index (κ3) is 3.50. The van der Waals surface area contributed by atoms with Crippen molar-refractivity contribution in [1.82, 2.24) is 9.55 Å². The van der Waals surface area contributed by atoms with Crippen molar-refractivity contribution in [2.75, 3.05) is 0 Å². The number of rotatable bonds is 5. The monoisotopic (exact) mass is 407 g/mol. The first-order chi connectivity index (χ1) is 13.9. The second kappa shape index (κ2) is 7.28. The van der Waals surface area contributed by atoms with Crippen molar-refractivity contribution >= 4 is 33.2 Å². The molecule has 4 aromatic rings. The van der Waals surface area contributed by atoms with Crippen molar-refractivity contribution < 1.29 is 14.8 Å². The molecule has 0 radical (unpaired) electrons. The predicted octanol–water partition coefficient (Wildman–Crippen LogP) is 3.78. The summed E-state index contributed by atoms with van der Waals surface area (Å²) in [5.74, 6) is -1.01. The molecule has 0 aliphatic rings. The van der Waals surface area contributed by atoms with E-state index in [-0.39, 0.29) is 23.4 Å². The third-order valence-corrected chi connectivity index (χ3v) is 5.39. The van der Waals surface area contributed by atoms with Crippen LogP contribution in [-0.4, -0.2) is 25.6 Å². The fourth-order valence-corrected chi connectivity index (χ4v) is 3.91. The van der Waals surface area contributed by atoms with Gasteiger partial charge in [-0.25, -0.2) is 9.78 Å². The molecule has 0 atom stereocenters. The van der Waals surface area contributed by atoms with E-state index < -0.39 is 10.9 Å². The summed E-state index contributed by atoms with van der Waals surface area (Å²) in [4.78, 5) is 39.4. The molecule has 2 aromatic heterocycles. The molecule has 4 rings (SSSR count). The van der Waals surface area contributed by atoms with Gasteiger partial charge < -0.3 is 5.11 Å². The van der Waals surface area contributed by atoms with Crippen LogP contribution in [0.1, 0.15) is 15.9 Å². The maximum Gasteiger partial charge on any atom is 0.335 e. The number of hydrogen-bond donors (Lipinski definition) is 1. The molecule has 0 aliphatic heterocycles. The number of aromatic carboxylic acids is 1. The Morgan fingerprint density at radius 1 is 1.14 bits per heavy atom. The Balaban J connectivity index is 1.73. The SMILES string of the molecule is O=C(O)c1ccc(Cn2cnc3scc(-c4ccc([N+](=O)[O-])cc4)c3c2=O)cc1. The van der Waals surface area contributed by atoms with E-state index >= 15 is 0 Å². The summed E-state index contributed by atoms with van der Waals surface area (Å²) < 4.78 is 1.46. The number of non-ortho nitro benzene ring substituents is 1. The van der Waals surface area contributed by atoms with Gasteiger partial charge in [-0.3, -0.25) is 19.5 Å². The number of fused-ring (bicyclic) bond motifs is 1. The molecule has 0 saturated heterocycles. The second-order valence-corrected chi connectivity index (χ2v) is 7.17. The number of carboxylic acid groups (broad SMARTS) is 1. The van der Waals surface area contributed by atoms with Crippen LogP contribution in [0.15, 0.2) is 65.0 Å². The fraction of sp³-hybridized carbons (Fsp3) is 0.0500. The molecule has 9 heteroatoms. The summed E-state index contributed by atoms with van der Waals surface area (Å²) in [5, 5.41) is 22.1. The quantitative estimate of drug-likeness (QED) is 0.398. The Morgan fingerprint density at radius 2 is 1.83 bits per heavy atom. The molecule has 0 unspecified atom stereocenters. The van der Waals surface area contributed by atoms with Crippen LogP contribution in [0, 0.1) is 10.1 Å². The highest BCUT2D eigenvalue weighted by Gasteiger charge is 2.15. The lowest BCUT2D eigenvalue weighted by atomic mass is 10.1. The molecule has 1 N–H and O–H groups in total. The Kier molecular flexibility index (Phi) is 4.65. The van der Waals surface area contributed by atoms with Crippen LogP contribution in [0.4, 0.5) is 5.69 Å². The van der Waals surface area contributed by atoms with Crippen molar-refractivity contribution in [1.29, 1.82) is 0 Å². The molecule has 2 heterocycles. The van der Waals surface area contributed by atoms with Gasteiger partial charge >= 0.3 is 5.97 Å². The van der Waals surface area contributed by atoms with Gasteiger partial charge in [0.1, 0.15) is 4.83 Å². The molecule has 0 aliphatic carbocycles. The molecule has 29 heavy (non-hydrogen) atoms. The first-order valence-corrected chi connectivity index (χ1v) is 9.35. The van der Waals surface area contributed by atoms with E-state index in [1.165, 1.54) is 46.5 Å². The second-order valence-electron chi connectivity index (χ2n) is 6.31. The lowest BCUT2D eigenvalue weighted by molar-refractivity contribution is -0.384. The summed E-state index contributed by atoms with van der Waals surface area (Å²) in [5.41, 5.74) is 2.07. The number of carbonyl (C=O) groups is 1. The third-order valence-electron chi connectivity index (χ3n) is 4.50. The maximum absolute atomic E-state index is 13.1. The van der Waals surface area contributed by atoms with Crippen molar-refractivity contribution in [3.05, 3.63) is 91.8 Å². The van der Waals surface area contributed by atoms with Gasteiger partial charge in [-0.2, -0.15) is 0 Å². The predicted molar refractivity (Wildman–Crippen MR) is 108 cm³/mol. The normalized spacial score (nSPS) is 10.9. The number of carboxylic acids is 1. The van der Waals surface area contributed by atoms with Crippen LogP contribution in [0.5, 0.6) is 0 Å². The number of thiophene rings is 1. The van der Waals surface area contributed by atoms with Gasteiger partial charge in [0.05, 0.1) is 28.7 Å². The Labute approximate surface area is 167 Å². The standard InChI is InChI=1S/C20H13N3O5S/c24-19-17-16(13-5-7-15(8-6-13)23(27)28)10-29-18(17)21-11-22(19)9-12-1-3-14(4-2-12)20(25)26/h1-8,10-11H,9H2,(H,25,26). The van der Waals surface area contributed by atoms with Crippen molar-refractivity contribution in [3.8, 4) is 11.1 Å². The van der Waals surface area contributed by atoms with Crippen molar-refractivity contribution in [2.24, 2.45) is 0 Å². The van der Waals surface area contributed by atoms with Gasteiger partial charge in [-0.05, 0) is 35.4 Å². The zero-order valence-electron chi connectivity index (χ0n) is 14.8. The van der Waals surface area contributed by atoms with Crippen molar-refractivity contribution in [2.45, 2.75) is 6.54 Å². The van der Waals surface area contributed by atoms with Gasteiger partial charge in [0.15, 0.2) is 0 Å². The number of hydrogen-bond acceptors (Lipinski definition) is 6. The molecule has 0 fully saturated rings. The van der Waals surface area contributed by atoms with E-state index in [0.717, 1.165) is 5.56 Å². The summed E-state index contributed by atoms with van der Waals surface area (Å²) in [7, 11) is 0. The van der Waals surface area contributed by atoms with E-state index in [2.05, 4.69) is 4.98 Å². The van der Waals surface area contributed by atoms with Crippen LogP contribution in [-0.2, 0) is 6.54 Å². The first kappa shape index (κ1) is 18.5. The zero-order valence-corrected chi connectivity index (χ0v) is 15.6. The summed E-state index contributed by atoms with van der Waals surface area (Å²) >= 11 is 1.33. The average molecular weight is 407 g/mol. The van der Waals surface area contributed by atoms with Gasteiger partial charge in [-0.15, -0.1) is 11.3 Å². The van der Waals surface area contributed by atoms with E-state index in [1.807, 2.05) is 5.38 Å². The van der Waals surface area contributed by atoms with E-state index in [1.54, 1.807) is 24.3 Å². The fourth-order valence-electron chi connectivity index (χ4n) is 3.00. The largest absolute Gasteiger partial charge is 0.478 e. The van der Waals surface area contributed by atoms with Crippen LogP contribution < -0.4 is 5.56 Å². The maximum atomic E-state index is 13.1. The lowest BCUT2D eigenvalue weighted by Gasteiger charge is -2.07. The summed E-state index contributed by atoms with van der Waals surface area (Å²) in [6.45, 7) is 0.247. The number of benzene rings is 2. The molecular formula is C20H13N3O5S. The molecule has 0 spiro atoms. The Hall–Kier alpha value is -3.85. The molecular weight excluding hydrogens is 394 g/mol. The van der Waals surface area contributed by atoms with Crippen LogP contribution in [0.3, 0.4) is 0 Å². The van der Waals surface area contributed by atoms with Gasteiger partial charge in [-0.1, -0.05) is 12.1 Å². The van der Waals surface area contributed by atoms with E-state index in [4.69, 9.17) is 5.11 Å². The van der Waals surface area contributed by atoms with Crippen LogP contribution in [0.25, 0.3) is 21.3 Å². The van der Waals surface area contributed by atoms with E-state index in [9.17, 15) is 19.7 Å². The zero-order chi connectivity index (χ0) is 20.5. The number of nitro benzene ring substituents is 1. The topological polar surface area (TPSA) is 115 Å². The lowest BCUT2D eigenvalue weighted by Crippen LogP contribution is -2.21. The first-order valence-electron chi connectivity index (χ1n) is 8.48. The molecule has 8 nitrogen and oxygen atoms in total. The number of aromatic nitrogens is 2. The molecule has 144 valence electrons. The summed E-state index contributed by atoms with van der Waals surface area (Å²) in [6, 6.07) is 12.3. The Bertz CT molecular complexity index is 1290.